The predicted molar refractivity (Wildman–Crippen MR) is 243 cm³/mol. The first kappa shape index (κ1) is 42.1. The second-order valence-electron chi connectivity index (χ2n) is 18.2. The summed E-state index contributed by atoms with van der Waals surface area (Å²) < 4.78 is 15.2. The number of hydrogen-bond acceptors (Lipinski definition) is 10. The number of fused-ring (bicyclic) bond motifs is 2. The van der Waals surface area contributed by atoms with Crippen molar-refractivity contribution in [2.45, 2.75) is 135 Å². The Labute approximate surface area is 375 Å². The van der Waals surface area contributed by atoms with Crippen LogP contribution in [-0.4, -0.2) is 63.7 Å². The fourth-order valence-electron chi connectivity index (χ4n) is 10.3. The van der Waals surface area contributed by atoms with E-state index in [1.54, 1.807) is 0 Å². The van der Waals surface area contributed by atoms with Crippen molar-refractivity contribution < 1.29 is 28.8 Å². The zero-order chi connectivity index (χ0) is 44.6. The van der Waals surface area contributed by atoms with E-state index >= 15 is 0 Å². The number of anilines is 1. The molecule has 15 heteroatoms. The van der Waals surface area contributed by atoms with E-state index < -0.39 is 0 Å². The Morgan fingerprint density at radius 2 is 1.23 bits per heavy atom. The molecule has 0 bridgehead atoms. The van der Waals surface area contributed by atoms with E-state index in [1.165, 1.54) is 0 Å². The van der Waals surface area contributed by atoms with Gasteiger partial charge in [0.2, 0.25) is 11.8 Å². The number of carbonyl (C=O) groups is 2. The number of imidazole rings is 2. The van der Waals surface area contributed by atoms with Gasteiger partial charge >= 0.3 is 0 Å². The highest BCUT2D eigenvalue weighted by molar-refractivity contribution is 6.31. The lowest BCUT2D eigenvalue weighted by molar-refractivity contribution is -0.123. The highest BCUT2D eigenvalue weighted by atomic mass is 35.5. The Kier molecular flexibility index (Phi) is 10.9. The van der Waals surface area contributed by atoms with Crippen LogP contribution in [0, 0.1) is 34.6 Å². The Hall–Kier alpha value is -5.83. The van der Waals surface area contributed by atoms with Crippen LogP contribution >= 0.6 is 11.6 Å². The molecule has 3 N–H and O–H groups in total. The molecule has 64 heavy (non-hydrogen) atoms. The minimum Gasteiger partial charge on any atom is -0.393 e. The highest BCUT2D eigenvalue weighted by Crippen LogP contribution is 2.44. The van der Waals surface area contributed by atoms with Crippen LogP contribution in [-0.2, 0) is 9.59 Å². The molecule has 7 aromatic rings. The monoisotopic (exact) mass is 884 g/mol. The second-order valence-corrected chi connectivity index (χ2v) is 18.6. The van der Waals surface area contributed by atoms with Gasteiger partial charge in [0, 0.05) is 46.8 Å². The first-order valence-electron chi connectivity index (χ1n) is 22.5. The Morgan fingerprint density at radius 3 is 1.75 bits per heavy atom. The third-order valence-electron chi connectivity index (χ3n) is 13.7. The van der Waals surface area contributed by atoms with Gasteiger partial charge in [0.15, 0.2) is 0 Å². The lowest BCUT2D eigenvalue weighted by Gasteiger charge is -2.39. The van der Waals surface area contributed by atoms with Crippen LogP contribution in [0.4, 0.5) is 5.69 Å². The van der Waals surface area contributed by atoms with Crippen molar-refractivity contribution in [3.8, 4) is 22.3 Å². The van der Waals surface area contributed by atoms with Gasteiger partial charge in [-0.25, -0.2) is 9.97 Å². The summed E-state index contributed by atoms with van der Waals surface area (Å²) in [6, 6.07) is 18.4. The number of nitrogens with zero attached hydrogens (tertiary/aromatic N) is 7. The Bertz CT molecular complexity index is 2900. The van der Waals surface area contributed by atoms with Gasteiger partial charge in [-0.1, -0.05) is 40.1 Å². The van der Waals surface area contributed by atoms with E-state index in [0.29, 0.717) is 30.7 Å². The molecule has 11 rings (SSSR count). The first-order valence-corrected chi connectivity index (χ1v) is 22.8. The normalized spacial score (nSPS) is 23.5. The van der Waals surface area contributed by atoms with Gasteiger partial charge in [0.25, 0.3) is 0 Å². The molecule has 2 atom stereocenters. The molecule has 4 fully saturated rings. The van der Waals surface area contributed by atoms with Crippen molar-refractivity contribution in [2.75, 3.05) is 4.90 Å². The number of rotatable bonds is 7. The van der Waals surface area contributed by atoms with Gasteiger partial charge in [-0.15, -0.1) is 0 Å². The zero-order valence-corrected chi connectivity index (χ0v) is 37.5. The molecule has 2 saturated heterocycles. The van der Waals surface area contributed by atoms with E-state index in [0.717, 1.165) is 129 Å². The molecule has 332 valence electrons. The summed E-state index contributed by atoms with van der Waals surface area (Å²) in [5.41, 5.74) is 11.3. The van der Waals surface area contributed by atoms with Gasteiger partial charge in [0.05, 0.1) is 57.7 Å². The van der Waals surface area contributed by atoms with Crippen molar-refractivity contribution >= 4 is 51.2 Å². The van der Waals surface area contributed by atoms with E-state index in [2.05, 4.69) is 61.2 Å². The van der Waals surface area contributed by atoms with Gasteiger partial charge in [-0.05, 0) is 139 Å². The molecule has 2 amide bonds. The first-order chi connectivity index (χ1) is 30.8. The van der Waals surface area contributed by atoms with Crippen molar-refractivity contribution in [3.05, 3.63) is 99.7 Å². The molecule has 0 spiro atoms. The SMILES string of the molecule is Cc1ccc(N2C(=O)CCC[C@H]2c2nc3cc(-c4c(C)noc4C)ccc3n2C2CC(O)C2)cc1Cl.Cc1noc(C)c1-c1ccc2c(c1)nc([C@@H]1CCCC(=O)N1)n2C1CC(O)C1. The number of amides is 2. The van der Waals surface area contributed by atoms with Crippen LogP contribution in [0.5, 0.6) is 0 Å². The van der Waals surface area contributed by atoms with Crippen molar-refractivity contribution in [3.63, 3.8) is 0 Å². The summed E-state index contributed by atoms with van der Waals surface area (Å²) >= 11 is 6.46. The maximum atomic E-state index is 13.3. The maximum absolute atomic E-state index is 13.3. The van der Waals surface area contributed by atoms with Crippen LogP contribution in [0.15, 0.2) is 63.6 Å². The molecule has 4 aliphatic rings. The quantitative estimate of drug-likeness (QED) is 0.140. The summed E-state index contributed by atoms with van der Waals surface area (Å²) in [6.07, 6.45) is 6.72. The van der Waals surface area contributed by atoms with Gasteiger partial charge in [-0.3, -0.25) is 9.59 Å². The molecular weight excluding hydrogens is 832 g/mol. The van der Waals surface area contributed by atoms with Gasteiger partial charge in [0.1, 0.15) is 23.2 Å². The summed E-state index contributed by atoms with van der Waals surface area (Å²) in [7, 11) is 0. The number of aromatic nitrogens is 6. The summed E-state index contributed by atoms with van der Waals surface area (Å²) in [4.78, 5) is 37.2. The van der Waals surface area contributed by atoms with E-state index in [4.69, 9.17) is 30.6 Å². The number of carbonyl (C=O) groups excluding carboxylic acids is 2. The van der Waals surface area contributed by atoms with Crippen LogP contribution in [0.3, 0.4) is 0 Å². The lowest BCUT2D eigenvalue weighted by atomic mass is 9.88. The number of aryl methyl sites for hydroxylation is 5. The summed E-state index contributed by atoms with van der Waals surface area (Å²) in [5, 5.41) is 31.9. The molecule has 4 aromatic heterocycles. The molecule has 3 aromatic carbocycles. The number of halogens is 1. The van der Waals surface area contributed by atoms with Crippen LogP contribution in [0.1, 0.15) is 128 Å². The van der Waals surface area contributed by atoms with Crippen molar-refractivity contribution in [1.82, 2.24) is 34.7 Å². The summed E-state index contributed by atoms with van der Waals surface area (Å²) in [6.45, 7) is 9.66. The number of hydrogen-bond donors (Lipinski definition) is 3. The van der Waals surface area contributed by atoms with Crippen LogP contribution in [0.25, 0.3) is 44.3 Å². The zero-order valence-electron chi connectivity index (χ0n) is 36.8. The molecule has 2 saturated carbocycles. The van der Waals surface area contributed by atoms with Crippen LogP contribution < -0.4 is 10.2 Å². The molecule has 0 radical (unpaired) electrons. The molecule has 2 aliphatic heterocycles. The fraction of sp³-hybridized carbons (Fsp3) is 0.429. The number of nitrogens with one attached hydrogen (secondary N) is 1. The number of aliphatic hydroxyl groups is 2. The van der Waals surface area contributed by atoms with Gasteiger partial charge < -0.3 is 38.6 Å². The highest BCUT2D eigenvalue weighted by Gasteiger charge is 2.39. The maximum Gasteiger partial charge on any atom is 0.227 e. The Morgan fingerprint density at radius 1 is 0.688 bits per heavy atom. The van der Waals surface area contributed by atoms with Crippen molar-refractivity contribution in [1.29, 1.82) is 0 Å². The van der Waals surface area contributed by atoms with Crippen LogP contribution in [0.2, 0.25) is 5.02 Å². The topological polar surface area (TPSA) is 178 Å². The van der Waals surface area contributed by atoms with E-state index in [-0.39, 0.29) is 48.2 Å². The molecule has 2 aliphatic carbocycles. The smallest absolute Gasteiger partial charge is 0.227 e. The molecular formula is C49H53ClN8O6. The fourth-order valence-corrected chi connectivity index (χ4v) is 10.5. The number of benzene rings is 3. The second kappa shape index (κ2) is 16.6. The average molecular weight is 885 g/mol. The van der Waals surface area contributed by atoms with E-state index in [9.17, 15) is 19.8 Å². The molecule has 14 nitrogen and oxygen atoms in total. The Balaban J connectivity index is 0.000000156. The summed E-state index contributed by atoms with van der Waals surface area (Å²) in [5.74, 6) is 3.49. The molecule has 0 unspecified atom stereocenters. The lowest BCUT2D eigenvalue weighted by Crippen LogP contribution is -2.41. The predicted octanol–water partition coefficient (Wildman–Crippen LogP) is 9.57. The largest absolute Gasteiger partial charge is 0.393 e. The third-order valence-corrected chi connectivity index (χ3v) is 14.1. The average Bonchev–Trinajstić information content (AvgIpc) is 4.01. The van der Waals surface area contributed by atoms with E-state index in [1.807, 2.05) is 57.7 Å². The van der Waals surface area contributed by atoms with Crippen molar-refractivity contribution in [2.24, 2.45) is 0 Å². The van der Waals surface area contributed by atoms with Gasteiger partial charge in [-0.2, -0.15) is 0 Å². The third kappa shape index (κ3) is 7.48. The number of aliphatic hydroxyl groups excluding tert-OH is 2. The molecule has 6 heterocycles. The number of piperidine rings is 2. The minimum atomic E-state index is -0.304. The minimum absolute atomic E-state index is 0.0751. The standard InChI is InChI=1S/C28H29ClN4O3.C21H24N4O3/c1-15-7-9-19(14-22(15)29)32-25(5-4-6-26(32)35)28-30-23-11-18(27-16(2)31-36-17(27)3)8-10-24(23)33(28)20-12-21(34)13-20;1-11-20(12(2)28-24-11)13-6-7-18-17(8-13)23-21(16-4-3-5-19(27)22-16)25(18)14-9-15(26)10-14/h7-11,14,20-21,25,34H,4-6,12-13H2,1-3H3;6-8,14-16,26H,3-5,9-10H2,1-2H3,(H,22,27)/t20?,21?,25-;14?,15?,16-/m00/s1.